The largest absolute Gasteiger partial charge is 0.394 e. The molecule has 0 aliphatic carbocycles. The zero-order valence-electron chi connectivity index (χ0n) is 11.6. The predicted molar refractivity (Wildman–Crippen MR) is 89.2 cm³/mol. The van der Waals surface area contributed by atoms with E-state index in [0.717, 1.165) is 16.3 Å². The van der Waals surface area contributed by atoms with Crippen molar-refractivity contribution in [3.63, 3.8) is 0 Å². The molecule has 3 rings (SSSR count). The summed E-state index contributed by atoms with van der Waals surface area (Å²) in [5.74, 6) is 0. The van der Waals surface area contributed by atoms with Crippen LogP contribution in [0.1, 0.15) is 24.2 Å². The summed E-state index contributed by atoms with van der Waals surface area (Å²) >= 11 is 7.04. The van der Waals surface area contributed by atoms with Crippen molar-refractivity contribution in [1.29, 1.82) is 0 Å². The van der Waals surface area contributed by atoms with Gasteiger partial charge in [0.2, 0.25) is 0 Å². The van der Waals surface area contributed by atoms with E-state index in [2.05, 4.69) is 35.0 Å². The van der Waals surface area contributed by atoms with Crippen molar-refractivity contribution < 1.29 is 5.11 Å². The number of rotatable bonds is 1. The van der Waals surface area contributed by atoms with E-state index in [-0.39, 0.29) is 18.7 Å². The van der Waals surface area contributed by atoms with Crippen LogP contribution in [0.4, 0.5) is 0 Å². The predicted octanol–water partition coefficient (Wildman–Crippen LogP) is 3.10. The lowest BCUT2D eigenvalue weighted by Crippen LogP contribution is -2.46. The summed E-state index contributed by atoms with van der Waals surface area (Å²) in [6.07, 6.45) is 2.82. The summed E-state index contributed by atoms with van der Waals surface area (Å²) in [6.45, 7) is 2.28. The number of aliphatic hydroxyl groups excluding tert-OH is 1. The van der Waals surface area contributed by atoms with Gasteiger partial charge in [0.15, 0.2) is 0 Å². The molecule has 1 aliphatic rings. The van der Waals surface area contributed by atoms with Crippen LogP contribution in [0.25, 0.3) is 10.9 Å². The number of hydrogen-bond donors (Lipinski definition) is 2. The van der Waals surface area contributed by atoms with Crippen molar-refractivity contribution >= 4 is 39.2 Å². The van der Waals surface area contributed by atoms with Gasteiger partial charge in [-0.3, -0.25) is 0 Å². The quantitative estimate of drug-likeness (QED) is 0.794. The lowest BCUT2D eigenvalue weighted by molar-refractivity contribution is 0.146. The molecule has 1 aromatic heterocycles. The van der Waals surface area contributed by atoms with Crippen LogP contribution >= 0.6 is 24.0 Å². The lowest BCUT2D eigenvalue weighted by Gasteiger charge is -2.41. The Kier molecular flexibility index (Phi) is 3.75. The number of nitrogens with zero attached hydrogens (tertiary/aromatic N) is 1. The fraction of sp³-hybridized carbons (Fsp3) is 0.400. The average Bonchev–Trinajstić information content (AvgIpc) is 2.85. The zero-order valence-corrected chi connectivity index (χ0v) is 13.2. The van der Waals surface area contributed by atoms with Gasteiger partial charge in [-0.25, -0.2) is 0 Å². The fourth-order valence-corrected chi connectivity index (χ4v) is 3.98. The van der Waals surface area contributed by atoms with Gasteiger partial charge in [0.1, 0.15) is 4.32 Å². The molecular weight excluding hydrogens is 288 g/mol. The van der Waals surface area contributed by atoms with Gasteiger partial charge < -0.3 is 15.0 Å². The van der Waals surface area contributed by atoms with Crippen LogP contribution in [0.2, 0.25) is 0 Å². The number of nitrogens with one attached hydrogen (secondary N) is 1. The molecule has 0 saturated heterocycles. The number of hydrogen-bond acceptors (Lipinski definition) is 3. The molecule has 0 bridgehead atoms. The van der Waals surface area contributed by atoms with Crippen LogP contribution in [0, 0.1) is 0 Å². The molecule has 20 heavy (non-hydrogen) atoms. The monoisotopic (exact) mass is 306 g/mol. The van der Waals surface area contributed by atoms with Gasteiger partial charge in [0.05, 0.1) is 18.7 Å². The first-order chi connectivity index (χ1) is 9.67. The molecule has 3 nitrogen and oxygen atoms in total. The lowest BCUT2D eigenvalue weighted by atomic mass is 9.93. The molecule has 2 atom stereocenters. The second-order valence-electron chi connectivity index (χ2n) is 5.16. The molecule has 2 heterocycles. The number of fused-ring (bicyclic) bond motifs is 3. The second-order valence-corrected chi connectivity index (χ2v) is 6.60. The Bertz CT molecular complexity index is 652. The number of benzene rings is 1. The Morgan fingerprint density at radius 1 is 1.50 bits per heavy atom. The van der Waals surface area contributed by atoms with Crippen molar-refractivity contribution in [2.75, 3.05) is 12.9 Å². The highest BCUT2D eigenvalue weighted by Gasteiger charge is 2.34. The van der Waals surface area contributed by atoms with Crippen LogP contribution in [0.3, 0.4) is 0 Å². The molecule has 1 aliphatic heterocycles. The van der Waals surface area contributed by atoms with Gasteiger partial charge >= 0.3 is 0 Å². The highest BCUT2D eigenvalue weighted by molar-refractivity contribution is 8.22. The van der Waals surface area contributed by atoms with E-state index >= 15 is 0 Å². The third kappa shape index (κ3) is 2.05. The average molecular weight is 306 g/mol. The van der Waals surface area contributed by atoms with Crippen molar-refractivity contribution in [2.24, 2.45) is 0 Å². The molecule has 0 unspecified atom stereocenters. The maximum atomic E-state index is 9.74. The summed E-state index contributed by atoms with van der Waals surface area (Å²) in [4.78, 5) is 5.69. The van der Waals surface area contributed by atoms with Gasteiger partial charge in [0.25, 0.3) is 0 Å². The molecule has 0 spiro atoms. The molecule has 1 aromatic carbocycles. The van der Waals surface area contributed by atoms with Gasteiger partial charge in [0, 0.05) is 16.6 Å². The number of aromatic nitrogens is 1. The molecular formula is C15H18N2OS2. The summed E-state index contributed by atoms with van der Waals surface area (Å²) < 4.78 is 0.848. The van der Waals surface area contributed by atoms with Crippen LogP contribution < -0.4 is 0 Å². The minimum atomic E-state index is 0.0663. The van der Waals surface area contributed by atoms with Crippen LogP contribution in [-0.4, -0.2) is 38.2 Å². The summed E-state index contributed by atoms with van der Waals surface area (Å²) in [7, 11) is 0. The number of H-pyrrole nitrogens is 1. The van der Waals surface area contributed by atoms with Crippen LogP contribution in [-0.2, 0) is 6.42 Å². The van der Waals surface area contributed by atoms with Gasteiger partial charge in [-0.1, -0.05) is 30.4 Å². The normalized spacial score (nSPS) is 22.1. The number of aliphatic hydroxyl groups is 1. The van der Waals surface area contributed by atoms with Crippen LogP contribution in [0.15, 0.2) is 24.3 Å². The standard InChI is InChI=1S/C15H18N2OS2/c1-9-14-12(11-5-3-4-6-13(11)16-14)7-10(8-18)17(9)15(19)20-2/h3-6,9-10,16,18H,7-8H2,1-2H3/t9-,10-/m1/s1. The van der Waals surface area contributed by atoms with Gasteiger partial charge in [-0.05, 0) is 31.2 Å². The van der Waals surface area contributed by atoms with E-state index in [9.17, 15) is 5.11 Å². The van der Waals surface area contributed by atoms with E-state index in [4.69, 9.17) is 12.2 Å². The van der Waals surface area contributed by atoms with Crippen LogP contribution in [0.5, 0.6) is 0 Å². The highest BCUT2D eigenvalue weighted by atomic mass is 32.2. The molecule has 0 saturated carbocycles. The molecule has 5 heteroatoms. The van der Waals surface area contributed by atoms with E-state index in [1.165, 1.54) is 16.6 Å². The number of thiocarbonyl (C=S) groups is 1. The first kappa shape index (κ1) is 13.9. The zero-order chi connectivity index (χ0) is 14.3. The van der Waals surface area contributed by atoms with Gasteiger partial charge in [-0.2, -0.15) is 0 Å². The molecule has 0 fully saturated rings. The highest BCUT2D eigenvalue weighted by Crippen LogP contribution is 2.38. The maximum Gasteiger partial charge on any atom is 0.136 e. The Morgan fingerprint density at radius 3 is 2.95 bits per heavy atom. The molecule has 2 N–H and O–H groups in total. The van der Waals surface area contributed by atoms with Crippen molar-refractivity contribution in [2.45, 2.75) is 25.4 Å². The first-order valence-electron chi connectivity index (χ1n) is 6.74. The second kappa shape index (κ2) is 5.39. The summed E-state index contributed by atoms with van der Waals surface area (Å²) in [6, 6.07) is 8.59. The number of para-hydroxylation sites is 1. The molecule has 0 radical (unpaired) electrons. The maximum absolute atomic E-state index is 9.74. The van der Waals surface area contributed by atoms with E-state index in [1.54, 1.807) is 11.8 Å². The third-order valence-corrected chi connectivity index (χ3v) is 5.38. The topological polar surface area (TPSA) is 39.3 Å². The summed E-state index contributed by atoms with van der Waals surface area (Å²) in [5, 5.41) is 11.0. The number of thioether (sulfide) groups is 1. The Hall–Kier alpha value is -1.04. The van der Waals surface area contributed by atoms with Crippen molar-refractivity contribution in [3.05, 3.63) is 35.5 Å². The Labute approximate surface area is 128 Å². The van der Waals surface area contributed by atoms with E-state index in [0.29, 0.717) is 0 Å². The molecule has 2 aromatic rings. The van der Waals surface area contributed by atoms with E-state index in [1.807, 2.05) is 12.3 Å². The van der Waals surface area contributed by atoms with Crippen molar-refractivity contribution in [3.8, 4) is 0 Å². The molecule has 106 valence electrons. The van der Waals surface area contributed by atoms with Gasteiger partial charge in [-0.15, -0.1) is 11.8 Å². The minimum Gasteiger partial charge on any atom is -0.394 e. The Balaban J connectivity index is 2.13. The van der Waals surface area contributed by atoms with E-state index < -0.39 is 0 Å². The third-order valence-electron chi connectivity index (χ3n) is 4.11. The van der Waals surface area contributed by atoms with Crippen molar-refractivity contribution in [1.82, 2.24) is 9.88 Å². The summed E-state index contributed by atoms with van der Waals surface area (Å²) in [5.41, 5.74) is 3.72. The Morgan fingerprint density at radius 2 is 2.25 bits per heavy atom. The molecule has 0 amide bonds. The number of aromatic amines is 1. The fourth-order valence-electron chi connectivity index (χ4n) is 3.15. The smallest absolute Gasteiger partial charge is 0.136 e. The SMILES string of the molecule is CSC(=S)N1[C@@H](CO)Cc2c([nH]c3ccccc23)[C@H]1C. The first-order valence-corrected chi connectivity index (χ1v) is 8.37. The minimum absolute atomic E-state index is 0.0663.